The van der Waals surface area contributed by atoms with Crippen LogP contribution in [0.1, 0.15) is 10.4 Å². The molecule has 0 spiro atoms. The summed E-state index contributed by atoms with van der Waals surface area (Å²) < 4.78 is 23.0. The number of halogens is 1. The van der Waals surface area contributed by atoms with Crippen molar-refractivity contribution in [3.05, 3.63) is 28.2 Å². The van der Waals surface area contributed by atoms with Crippen molar-refractivity contribution in [2.75, 3.05) is 30.5 Å². The molecule has 1 aromatic rings. The molecule has 17 heavy (non-hydrogen) atoms. The van der Waals surface area contributed by atoms with E-state index >= 15 is 0 Å². The van der Waals surface area contributed by atoms with Gasteiger partial charge in [-0.3, -0.25) is 4.79 Å². The number of carbonyl (C=O) groups is 1. The first-order chi connectivity index (χ1) is 7.83. The number of benzene rings is 1. The second-order valence-corrected chi connectivity index (χ2v) is 7.05. The van der Waals surface area contributed by atoms with Gasteiger partial charge in [-0.1, -0.05) is 15.9 Å². The lowest BCUT2D eigenvalue weighted by Gasteiger charge is -2.20. The number of anilines is 1. The van der Waals surface area contributed by atoms with E-state index in [1.807, 2.05) is 6.07 Å². The molecule has 0 atom stereocenters. The fourth-order valence-electron chi connectivity index (χ4n) is 1.39. The molecule has 0 aliphatic carbocycles. The quantitative estimate of drug-likeness (QED) is 0.776. The van der Waals surface area contributed by atoms with Crippen LogP contribution in [0.4, 0.5) is 5.69 Å². The molecule has 0 bridgehead atoms. The third-order valence-electron chi connectivity index (χ3n) is 2.33. The first-order valence-corrected chi connectivity index (χ1v) is 7.82. The Morgan fingerprint density at radius 1 is 1.41 bits per heavy atom. The minimum Gasteiger partial charge on any atom is -0.373 e. The standard InChI is InChI=1S/C11H14BrNO3S/c1-13(5-6-17(2,15)16)11-4-3-10(12)7-9(11)8-14/h3-4,7-8H,5-6H2,1-2H3. The minimum atomic E-state index is -2.99. The molecule has 1 rings (SSSR count). The molecule has 94 valence electrons. The van der Waals surface area contributed by atoms with Crippen molar-refractivity contribution >= 4 is 37.7 Å². The molecule has 0 aliphatic rings. The fourth-order valence-corrected chi connectivity index (χ4v) is 2.37. The number of hydrogen-bond acceptors (Lipinski definition) is 4. The Labute approximate surface area is 110 Å². The van der Waals surface area contributed by atoms with Gasteiger partial charge in [0.15, 0.2) is 6.29 Å². The van der Waals surface area contributed by atoms with Crippen LogP contribution in [0.15, 0.2) is 22.7 Å². The van der Waals surface area contributed by atoms with Crippen LogP contribution in [0.3, 0.4) is 0 Å². The normalized spacial score (nSPS) is 11.2. The Morgan fingerprint density at radius 3 is 2.59 bits per heavy atom. The van der Waals surface area contributed by atoms with Gasteiger partial charge in [0, 0.05) is 35.6 Å². The molecule has 0 saturated carbocycles. The van der Waals surface area contributed by atoms with Gasteiger partial charge in [-0.25, -0.2) is 8.42 Å². The van der Waals surface area contributed by atoms with Gasteiger partial charge in [-0.15, -0.1) is 0 Å². The molecule has 0 aromatic heterocycles. The molecule has 0 radical (unpaired) electrons. The van der Waals surface area contributed by atoms with E-state index in [1.54, 1.807) is 24.1 Å². The highest BCUT2D eigenvalue weighted by Gasteiger charge is 2.10. The van der Waals surface area contributed by atoms with Crippen molar-refractivity contribution < 1.29 is 13.2 Å². The monoisotopic (exact) mass is 319 g/mol. The zero-order valence-corrected chi connectivity index (χ0v) is 12.1. The first-order valence-electron chi connectivity index (χ1n) is 4.97. The second-order valence-electron chi connectivity index (χ2n) is 3.87. The molecule has 0 fully saturated rings. The third-order valence-corrected chi connectivity index (χ3v) is 3.74. The summed E-state index contributed by atoms with van der Waals surface area (Å²) in [6.07, 6.45) is 1.96. The van der Waals surface area contributed by atoms with E-state index in [0.717, 1.165) is 16.4 Å². The van der Waals surface area contributed by atoms with Gasteiger partial charge in [0.25, 0.3) is 0 Å². The van der Waals surface area contributed by atoms with E-state index in [4.69, 9.17) is 0 Å². The van der Waals surface area contributed by atoms with Crippen LogP contribution in [-0.2, 0) is 9.84 Å². The third kappa shape index (κ3) is 4.47. The topological polar surface area (TPSA) is 54.5 Å². The van der Waals surface area contributed by atoms with Gasteiger partial charge in [-0.2, -0.15) is 0 Å². The molecule has 6 heteroatoms. The summed E-state index contributed by atoms with van der Waals surface area (Å²) in [7, 11) is -1.23. The summed E-state index contributed by atoms with van der Waals surface area (Å²) in [5, 5.41) is 0. The van der Waals surface area contributed by atoms with Crippen LogP contribution in [0, 0.1) is 0 Å². The number of hydrogen-bond donors (Lipinski definition) is 0. The number of sulfone groups is 1. The van der Waals surface area contributed by atoms with Crippen molar-refractivity contribution in [1.82, 2.24) is 0 Å². The Hall–Kier alpha value is -0.880. The first kappa shape index (κ1) is 14.2. The van der Waals surface area contributed by atoms with Crippen molar-refractivity contribution in [2.45, 2.75) is 0 Å². The zero-order chi connectivity index (χ0) is 13.1. The molecule has 0 aliphatic heterocycles. The van der Waals surface area contributed by atoms with E-state index in [2.05, 4.69) is 15.9 Å². The van der Waals surface area contributed by atoms with Crippen molar-refractivity contribution in [3.8, 4) is 0 Å². The van der Waals surface area contributed by atoms with Gasteiger partial charge in [-0.05, 0) is 18.2 Å². The van der Waals surface area contributed by atoms with Crippen molar-refractivity contribution in [3.63, 3.8) is 0 Å². The number of aldehydes is 1. The lowest BCUT2D eigenvalue weighted by Crippen LogP contribution is -2.25. The summed E-state index contributed by atoms with van der Waals surface area (Å²) in [5.74, 6) is 0.0673. The lowest BCUT2D eigenvalue weighted by molar-refractivity contribution is 0.112. The maximum atomic E-state index is 11.1. The highest BCUT2D eigenvalue weighted by Crippen LogP contribution is 2.22. The molecule has 1 aromatic carbocycles. The Kier molecular flexibility index (Phi) is 4.70. The van der Waals surface area contributed by atoms with E-state index < -0.39 is 9.84 Å². The van der Waals surface area contributed by atoms with Gasteiger partial charge in [0.2, 0.25) is 0 Å². The van der Waals surface area contributed by atoms with Gasteiger partial charge in [0.1, 0.15) is 9.84 Å². The number of nitrogens with zero attached hydrogens (tertiary/aromatic N) is 1. The molecule has 0 saturated heterocycles. The molecular formula is C11H14BrNO3S. The van der Waals surface area contributed by atoms with Crippen LogP contribution >= 0.6 is 15.9 Å². The summed E-state index contributed by atoms with van der Waals surface area (Å²) in [6, 6.07) is 5.31. The number of rotatable bonds is 5. The maximum absolute atomic E-state index is 11.1. The molecule has 0 heterocycles. The van der Waals surface area contributed by atoms with Crippen LogP contribution < -0.4 is 4.90 Å². The van der Waals surface area contributed by atoms with Gasteiger partial charge in [0.05, 0.1) is 5.75 Å². The molecule has 0 unspecified atom stereocenters. The average Bonchev–Trinajstić information content (AvgIpc) is 2.24. The van der Waals surface area contributed by atoms with Crippen LogP contribution in [0.25, 0.3) is 0 Å². The van der Waals surface area contributed by atoms with E-state index in [0.29, 0.717) is 12.1 Å². The van der Waals surface area contributed by atoms with Crippen LogP contribution in [0.5, 0.6) is 0 Å². The van der Waals surface area contributed by atoms with Crippen molar-refractivity contribution in [1.29, 1.82) is 0 Å². The summed E-state index contributed by atoms with van der Waals surface area (Å²) >= 11 is 3.28. The predicted octanol–water partition coefficient (Wildman–Crippen LogP) is 1.74. The summed E-state index contributed by atoms with van der Waals surface area (Å²) in [5.41, 5.74) is 1.27. The predicted molar refractivity (Wildman–Crippen MR) is 72.5 cm³/mol. The minimum absolute atomic E-state index is 0.0673. The largest absolute Gasteiger partial charge is 0.373 e. The van der Waals surface area contributed by atoms with Crippen LogP contribution in [-0.4, -0.2) is 40.3 Å². The lowest BCUT2D eigenvalue weighted by atomic mass is 10.2. The molecule has 0 N–H and O–H groups in total. The number of carbonyl (C=O) groups excluding carboxylic acids is 1. The fraction of sp³-hybridized carbons (Fsp3) is 0.364. The van der Waals surface area contributed by atoms with Crippen LogP contribution in [0.2, 0.25) is 0 Å². The second kappa shape index (κ2) is 5.64. The highest BCUT2D eigenvalue weighted by molar-refractivity contribution is 9.10. The zero-order valence-electron chi connectivity index (χ0n) is 9.68. The Bertz CT molecular complexity index is 513. The smallest absolute Gasteiger partial charge is 0.152 e. The molecule has 4 nitrogen and oxygen atoms in total. The summed E-state index contributed by atoms with van der Waals surface area (Å²) in [4.78, 5) is 12.7. The van der Waals surface area contributed by atoms with Gasteiger partial charge >= 0.3 is 0 Å². The van der Waals surface area contributed by atoms with E-state index in [1.165, 1.54) is 6.26 Å². The highest BCUT2D eigenvalue weighted by atomic mass is 79.9. The average molecular weight is 320 g/mol. The Balaban J connectivity index is 2.88. The SMILES string of the molecule is CN(CCS(C)(=O)=O)c1ccc(Br)cc1C=O. The van der Waals surface area contributed by atoms with E-state index in [9.17, 15) is 13.2 Å². The van der Waals surface area contributed by atoms with Crippen molar-refractivity contribution in [2.24, 2.45) is 0 Å². The summed E-state index contributed by atoms with van der Waals surface area (Å²) in [6.45, 7) is 0.362. The molecular weight excluding hydrogens is 306 g/mol. The van der Waals surface area contributed by atoms with Gasteiger partial charge < -0.3 is 4.90 Å². The maximum Gasteiger partial charge on any atom is 0.152 e. The van der Waals surface area contributed by atoms with E-state index in [-0.39, 0.29) is 5.75 Å². The molecule has 0 amide bonds. The Morgan fingerprint density at radius 2 is 2.06 bits per heavy atom.